The van der Waals surface area contributed by atoms with Crippen LogP contribution in [0.15, 0.2) is 122 Å². The molecule has 3 amide bonds. The zero-order valence-corrected chi connectivity index (χ0v) is 41.1. The minimum atomic E-state index is -1.28. The number of rotatable bonds is 19. The van der Waals surface area contributed by atoms with E-state index < -0.39 is 34.8 Å². The molecule has 4 aromatic carbocycles. The minimum Gasteiger partial charge on any atom is -0.507 e. The molecular weight excluding hydrogens is 963 g/mol. The average molecular weight is 1020 g/mol. The predicted octanol–water partition coefficient (Wildman–Crippen LogP) is 6.28. The molecule has 0 bridgehead atoms. The van der Waals surface area contributed by atoms with Gasteiger partial charge in [0, 0.05) is 83.9 Å². The molecule has 2 aliphatic heterocycles. The van der Waals surface area contributed by atoms with Crippen LogP contribution in [-0.4, -0.2) is 75.1 Å². The summed E-state index contributed by atoms with van der Waals surface area (Å²) in [6.07, 6.45) is 3.96. The molecule has 6 N–H and O–H groups in total. The molecule has 5 aromatic rings. The first-order valence-corrected chi connectivity index (χ1v) is 24.3. The molecule has 2 atom stereocenters. The number of H-pyrrole nitrogens is 1. The van der Waals surface area contributed by atoms with E-state index in [1.165, 1.54) is 66.2 Å². The summed E-state index contributed by atoms with van der Waals surface area (Å²) in [7, 11) is 0. The summed E-state index contributed by atoms with van der Waals surface area (Å²) in [6.45, 7) is 3.93. The third-order valence-electron chi connectivity index (χ3n) is 12.8. The van der Waals surface area contributed by atoms with Crippen molar-refractivity contribution in [3.8, 4) is 40.0 Å². The van der Waals surface area contributed by atoms with E-state index >= 15 is 0 Å². The maximum Gasteiger partial charge on any atom is 0.336 e. The van der Waals surface area contributed by atoms with Gasteiger partial charge < -0.3 is 40.1 Å². The number of Topliss-reactive ketones (excluding diaryl/α,β-unsaturated/α-hetero) is 1. The van der Waals surface area contributed by atoms with Crippen molar-refractivity contribution >= 4 is 40.4 Å². The van der Waals surface area contributed by atoms with Crippen LogP contribution in [0.3, 0.4) is 0 Å². The zero-order valence-electron chi connectivity index (χ0n) is 41.1. The Morgan fingerprint density at radius 1 is 0.800 bits per heavy atom. The number of ketones is 1. The van der Waals surface area contributed by atoms with Crippen molar-refractivity contribution in [3.05, 3.63) is 179 Å². The number of carboxylic acids is 1. The van der Waals surface area contributed by atoms with E-state index in [1.807, 2.05) is 6.92 Å². The van der Waals surface area contributed by atoms with Crippen molar-refractivity contribution < 1.29 is 48.1 Å². The summed E-state index contributed by atoms with van der Waals surface area (Å²) in [5, 5.41) is 30.2. The molecular formula is C57H53N5O13. The molecule has 384 valence electrons. The largest absolute Gasteiger partial charge is 0.507 e. The number of benzene rings is 5. The number of carbonyl (C=O) groups excluding carboxylic acids is 4. The number of phenolic OH excluding ortho intramolecular Hbond substituents is 1. The molecule has 1 aromatic heterocycles. The Labute approximate surface area is 429 Å². The van der Waals surface area contributed by atoms with Gasteiger partial charge in [-0.3, -0.25) is 38.3 Å². The van der Waals surface area contributed by atoms with Gasteiger partial charge in [-0.2, -0.15) is 0 Å². The van der Waals surface area contributed by atoms with Crippen molar-refractivity contribution in [3.63, 3.8) is 0 Å². The molecule has 8 rings (SSSR count). The average Bonchev–Trinajstić information content (AvgIpc) is 3.90. The molecule has 18 heteroatoms. The number of carbonyl (C=O) groups is 5. The number of nitrogens with one attached hydrogen (secondary N) is 4. The SMILES string of the molecule is CC[C@@H]1CC[C@H](n2cc(CC#CCOCCNC(=O)c3ccc(CCC(=O)c4ccc(C(=O)O)c(-c5c6ccc(=O)cc-6oc6c(CNC(=O)c7ccc(CNC(C)=O)cc7)c(O)ccc56)c4)cc3)c(=O)[nH]c2=O)O1. The molecule has 3 heterocycles. The molecule has 1 aliphatic carbocycles. The number of aromatic nitrogens is 2. The molecule has 0 saturated carbocycles. The van der Waals surface area contributed by atoms with Crippen LogP contribution in [0, 0.1) is 11.8 Å². The number of amides is 3. The Kier molecular flexibility index (Phi) is 16.6. The van der Waals surface area contributed by atoms with Crippen LogP contribution in [0.2, 0.25) is 0 Å². The lowest BCUT2D eigenvalue weighted by molar-refractivity contribution is -0.119. The second kappa shape index (κ2) is 23.7. The zero-order chi connectivity index (χ0) is 53.2. The van der Waals surface area contributed by atoms with Crippen LogP contribution in [0.25, 0.3) is 33.4 Å². The number of aryl methyl sites for hydroxylation is 1. The Bertz CT molecular complexity index is 3530. The summed E-state index contributed by atoms with van der Waals surface area (Å²) >= 11 is 0. The van der Waals surface area contributed by atoms with Crippen molar-refractivity contribution in [2.45, 2.75) is 77.8 Å². The smallest absolute Gasteiger partial charge is 0.336 e. The predicted molar refractivity (Wildman–Crippen MR) is 277 cm³/mol. The molecule has 3 aliphatic rings. The first kappa shape index (κ1) is 52.4. The number of aromatic carboxylic acids is 1. The fourth-order valence-corrected chi connectivity index (χ4v) is 8.78. The number of aromatic hydroxyl groups is 1. The number of carboxylic acid groups (broad SMARTS) is 1. The van der Waals surface area contributed by atoms with Gasteiger partial charge in [-0.25, -0.2) is 9.59 Å². The van der Waals surface area contributed by atoms with E-state index in [9.17, 15) is 48.6 Å². The van der Waals surface area contributed by atoms with E-state index in [1.54, 1.807) is 48.5 Å². The van der Waals surface area contributed by atoms with Crippen molar-refractivity contribution in [2.24, 2.45) is 0 Å². The van der Waals surface area contributed by atoms with E-state index in [-0.39, 0.29) is 109 Å². The maximum absolute atomic E-state index is 13.9. The van der Waals surface area contributed by atoms with Gasteiger partial charge in [0.2, 0.25) is 5.91 Å². The second-order valence-corrected chi connectivity index (χ2v) is 17.9. The molecule has 0 unspecified atom stereocenters. The van der Waals surface area contributed by atoms with Crippen molar-refractivity contribution in [1.82, 2.24) is 25.5 Å². The summed E-state index contributed by atoms with van der Waals surface area (Å²) in [5.74, 6) is 3.00. The Balaban J connectivity index is 0.893. The van der Waals surface area contributed by atoms with E-state index in [0.717, 1.165) is 24.0 Å². The Morgan fingerprint density at radius 2 is 1.52 bits per heavy atom. The lowest BCUT2D eigenvalue weighted by Gasteiger charge is -2.19. The van der Waals surface area contributed by atoms with Crippen LogP contribution in [0.1, 0.15) is 109 Å². The molecule has 75 heavy (non-hydrogen) atoms. The van der Waals surface area contributed by atoms with Gasteiger partial charge in [-0.1, -0.05) is 49.1 Å². The maximum atomic E-state index is 13.9. The Hall–Kier alpha value is -8.92. The number of aromatic amines is 1. The second-order valence-electron chi connectivity index (χ2n) is 17.9. The number of nitrogens with zero attached hydrogens (tertiary/aromatic N) is 1. The van der Waals surface area contributed by atoms with Gasteiger partial charge in [0.25, 0.3) is 17.4 Å². The number of fused-ring (bicyclic) bond motifs is 2. The first-order valence-electron chi connectivity index (χ1n) is 24.3. The highest BCUT2D eigenvalue weighted by Crippen LogP contribution is 2.44. The highest BCUT2D eigenvalue weighted by Gasteiger charge is 2.28. The summed E-state index contributed by atoms with van der Waals surface area (Å²) in [5.41, 5.74) is 2.31. The molecule has 1 saturated heterocycles. The van der Waals surface area contributed by atoms with E-state index in [0.29, 0.717) is 46.0 Å². The molecule has 0 radical (unpaired) electrons. The van der Waals surface area contributed by atoms with Crippen LogP contribution < -0.4 is 32.6 Å². The van der Waals surface area contributed by atoms with Crippen molar-refractivity contribution in [2.75, 3.05) is 19.8 Å². The number of hydrogen-bond donors (Lipinski definition) is 6. The third kappa shape index (κ3) is 12.6. The Morgan fingerprint density at radius 3 is 2.23 bits per heavy atom. The molecule has 1 fully saturated rings. The molecule has 18 nitrogen and oxygen atoms in total. The highest BCUT2D eigenvalue weighted by atomic mass is 16.5. The van der Waals surface area contributed by atoms with Gasteiger partial charge in [0.15, 0.2) is 11.2 Å². The lowest BCUT2D eigenvalue weighted by atomic mass is 9.88. The number of hydrogen-bond acceptors (Lipinski definition) is 12. The fraction of sp³-hybridized carbons (Fsp3) is 0.263. The summed E-state index contributed by atoms with van der Waals surface area (Å²) in [6, 6.07) is 24.6. The van der Waals surface area contributed by atoms with Crippen molar-refractivity contribution in [1.29, 1.82) is 0 Å². The highest BCUT2D eigenvalue weighted by molar-refractivity contribution is 6.10. The van der Waals surface area contributed by atoms with Crippen LogP contribution >= 0.6 is 0 Å². The quantitative estimate of drug-likeness (QED) is 0.0226. The number of ether oxygens (including phenoxy) is 2. The number of phenols is 1. The van der Waals surface area contributed by atoms with E-state index in [4.69, 9.17) is 13.9 Å². The topological polar surface area (TPSA) is 265 Å². The summed E-state index contributed by atoms with van der Waals surface area (Å²) in [4.78, 5) is 104. The molecule has 0 spiro atoms. The van der Waals surface area contributed by atoms with Gasteiger partial charge in [-0.05, 0) is 103 Å². The van der Waals surface area contributed by atoms with Crippen LogP contribution in [0.4, 0.5) is 0 Å². The standard InChI is InChI=1S/C57H53N5O13/c1-3-41-18-24-50(74-41)62-32-39(55(69)61-57(62)72)6-4-5-26-73-27-25-58-53(67)36-12-7-34(8-13-36)11-22-47(65)38-16-19-42(56(70)71)45(28-38)51-43-20-17-40(64)29-49(43)75-52-44(51)21-23-48(66)46(52)31-60-54(68)37-14-9-35(10-15-37)30-59-33(2)63/h7-10,12-17,19-21,23,28-29,32,41,50,66H,3,6,11,18,22,24-27,30-31H2,1-2H3,(H,58,67)(H,59,63)(H,60,68)(H,70,71)(H,61,69,72)/t41-,50-/m1/s1. The fourth-order valence-electron chi connectivity index (χ4n) is 8.78. The van der Waals surface area contributed by atoms with Gasteiger partial charge >= 0.3 is 11.7 Å². The monoisotopic (exact) mass is 1020 g/mol. The van der Waals surface area contributed by atoms with Gasteiger partial charge in [-0.15, -0.1) is 0 Å². The van der Waals surface area contributed by atoms with Gasteiger partial charge in [0.05, 0.1) is 30.4 Å². The third-order valence-corrected chi connectivity index (χ3v) is 12.8. The van der Waals surface area contributed by atoms with Crippen LogP contribution in [0.5, 0.6) is 5.75 Å². The lowest BCUT2D eigenvalue weighted by Crippen LogP contribution is -2.34. The summed E-state index contributed by atoms with van der Waals surface area (Å²) < 4.78 is 19.1. The van der Waals surface area contributed by atoms with Gasteiger partial charge in [0.1, 0.15) is 29.9 Å². The minimum absolute atomic E-state index is 0.0380. The first-order chi connectivity index (χ1) is 36.2. The normalized spacial score (nSPS) is 14.0. The van der Waals surface area contributed by atoms with E-state index in [2.05, 4.69) is 32.8 Å². The van der Waals surface area contributed by atoms with Crippen LogP contribution in [-0.2, 0) is 40.2 Å².